The maximum atomic E-state index is 13.4. The zero-order valence-corrected chi connectivity index (χ0v) is 17.2. The Balaban J connectivity index is 1.45. The number of piperidine rings is 1. The average molecular weight is 433 g/mol. The number of aliphatic imine (C=N–C) groups is 1. The van der Waals surface area contributed by atoms with Crippen LogP contribution in [0.1, 0.15) is 24.0 Å². The summed E-state index contributed by atoms with van der Waals surface area (Å²) >= 11 is 3.46. The van der Waals surface area contributed by atoms with Crippen molar-refractivity contribution in [2.45, 2.75) is 32.0 Å². The minimum absolute atomic E-state index is 0.233. The molecule has 0 radical (unpaired) electrons. The minimum Gasteiger partial charge on any atom is -0.354 e. The average Bonchev–Trinajstić information content (AvgIpc) is 2.69. The Kier molecular flexibility index (Phi) is 7.24. The molecular formula is C21H26BrFN4. The lowest BCUT2D eigenvalue weighted by Gasteiger charge is -2.33. The molecule has 6 heteroatoms. The van der Waals surface area contributed by atoms with Crippen LogP contribution in [0.4, 0.5) is 4.39 Å². The van der Waals surface area contributed by atoms with Crippen molar-refractivity contribution in [3.63, 3.8) is 0 Å². The van der Waals surface area contributed by atoms with Crippen LogP contribution >= 0.6 is 15.9 Å². The van der Waals surface area contributed by atoms with Crippen LogP contribution in [0.25, 0.3) is 0 Å². The third-order valence-corrected chi connectivity index (χ3v) is 5.63. The fourth-order valence-corrected chi connectivity index (χ4v) is 3.71. The molecule has 0 saturated carbocycles. The Morgan fingerprint density at radius 2 is 1.93 bits per heavy atom. The van der Waals surface area contributed by atoms with Crippen molar-refractivity contribution in [1.29, 1.82) is 0 Å². The highest BCUT2D eigenvalue weighted by Crippen LogP contribution is 2.18. The van der Waals surface area contributed by atoms with E-state index in [1.165, 1.54) is 17.7 Å². The number of benzene rings is 2. The second-order valence-corrected chi connectivity index (χ2v) is 7.70. The van der Waals surface area contributed by atoms with Crippen LogP contribution in [-0.4, -0.2) is 37.0 Å². The summed E-state index contributed by atoms with van der Waals surface area (Å²) in [6, 6.07) is 15.7. The highest BCUT2D eigenvalue weighted by atomic mass is 79.9. The quantitative estimate of drug-likeness (QED) is 0.555. The van der Waals surface area contributed by atoms with E-state index in [9.17, 15) is 4.39 Å². The summed E-state index contributed by atoms with van der Waals surface area (Å²) in [6.07, 6.45) is 2.16. The van der Waals surface area contributed by atoms with Crippen LogP contribution < -0.4 is 10.6 Å². The molecule has 1 fully saturated rings. The molecule has 0 unspecified atom stereocenters. The molecule has 27 heavy (non-hydrogen) atoms. The minimum atomic E-state index is -0.233. The van der Waals surface area contributed by atoms with E-state index in [1.54, 1.807) is 13.1 Å². The van der Waals surface area contributed by atoms with Gasteiger partial charge in [-0.25, -0.2) is 4.39 Å². The topological polar surface area (TPSA) is 39.7 Å². The Morgan fingerprint density at radius 3 is 2.63 bits per heavy atom. The molecule has 1 aliphatic heterocycles. The van der Waals surface area contributed by atoms with Crippen LogP contribution in [-0.2, 0) is 13.1 Å². The van der Waals surface area contributed by atoms with Crippen molar-refractivity contribution in [3.05, 3.63) is 69.9 Å². The molecular weight excluding hydrogens is 407 g/mol. The lowest BCUT2D eigenvalue weighted by molar-refractivity contribution is 0.198. The van der Waals surface area contributed by atoms with Crippen LogP contribution in [0, 0.1) is 5.82 Å². The number of hydrogen-bond acceptors (Lipinski definition) is 2. The second-order valence-electron chi connectivity index (χ2n) is 6.84. The Hall–Kier alpha value is -1.92. The fraction of sp³-hybridized carbons (Fsp3) is 0.381. The van der Waals surface area contributed by atoms with Gasteiger partial charge in [-0.3, -0.25) is 9.89 Å². The molecule has 0 spiro atoms. The van der Waals surface area contributed by atoms with Gasteiger partial charge in [0, 0.05) is 43.7 Å². The molecule has 0 atom stereocenters. The van der Waals surface area contributed by atoms with Crippen molar-refractivity contribution >= 4 is 21.9 Å². The summed E-state index contributed by atoms with van der Waals surface area (Å²) in [4.78, 5) is 6.80. The molecule has 0 aliphatic carbocycles. The normalized spacial score (nSPS) is 16.3. The number of likely N-dealkylation sites (tertiary alicyclic amines) is 1. The van der Waals surface area contributed by atoms with Crippen LogP contribution in [0.5, 0.6) is 0 Å². The zero-order chi connectivity index (χ0) is 19.1. The van der Waals surface area contributed by atoms with Gasteiger partial charge >= 0.3 is 0 Å². The van der Waals surface area contributed by atoms with E-state index < -0.39 is 0 Å². The highest BCUT2D eigenvalue weighted by molar-refractivity contribution is 9.10. The molecule has 1 heterocycles. The molecule has 3 rings (SSSR count). The van der Waals surface area contributed by atoms with Crippen molar-refractivity contribution in [3.8, 4) is 0 Å². The molecule has 2 aromatic rings. The van der Waals surface area contributed by atoms with Gasteiger partial charge in [0.2, 0.25) is 0 Å². The van der Waals surface area contributed by atoms with Crippen molar-refractivity contribution in [2.75, 3.05) is 20.1 Å². The number of hydrogen-bond donors (Lipinski definition) is 2. The van der Waals surface area contributed by atoms with E-state index in [2.05, 4.69) is 66.8 Å². The molecule has 2 N–H and O–H groups in total. The van der Waals surface area contributed by atoms with Gasteiger partial charge in [-0.2, -0.15) is 0 Å². The maximum Gasteiger partial charge on any atom is 0.191 e. The summed E-state index contributed by atoms with van der Waals surface area (Å²) < 4.78 is 14.3. The van der Waals surface area contributed by atoms with Gasteiger partial charge in [0.15, 0.2) is 5.96 Å². The largest absolute Gasteiger partial charge is 0.354 e. The first-order valence-electron chi connectivity index (χ1n) is 9.31. The monoisotopic (exact) mass is 432 g/mol. The van der Waals surface area contributed by atoms with Gasteiger partial charge in [-0.05, 0) is 42.2 Å². The number of nitrogens with one attached hydrogen (secondary N) is 2. The number of rotatable bonds is 5. The van der Waals surface area contributed by atoms with Gasteiger partial charge in [0.25, 0.3) is 0 Å². The molecule has 1 aliphatic rings. The third-order valence-electron chi connectivity index (χ3n) is 4.86. The van der Waals surface area contributed by atoms with Gasteiger partial charge in [-0.1, -0.05) is 46.3 Å². The fourth-order valence-electron chi connectivity index (χ4n) is 3.32. The summed E-state index contributed by atoms with van der Waals surface area (Å²) in [5.41, 5.74) is 2.23. The van der Waals surface area contributed by atoms with E-state index in [-0.39, 0.29) is 5.82 Å². The van der Waals surface area contributed by atoms with E-state index in [0.29, 0.717) is 12.6 Å². The molecule has 1 saturated heterocycles. The number of nitrogens with zero attached hydrogens (tertiary/aromatic N) is 2. The van der Waals surface area contributed by atoms with Gasteiger partial charge in [-0.15, -0.1) is 0 Å². The lowest BCUT2D eigenvalue weighted by atomic mass is 10.0. The summed E-state index contributed by atoms with van der Waals surface area (Å²) in [7, 11) is 1.76. The first kappa shape index (κ1) is 19.8. The van der Waals surface area contributed by atoms with Crippen molar-refractivity contribution in [1.82, 2.24) is 15.5 Å². The SMILES string of the molecule is CN=C(NCc1cc(F)ccc1Br)NC1CCN(Cc2ccccc2)CC1. The van der Waals surface area contributed by atoms with Gasteiger partial charge in [0.1, 0.15) is 5.82 Å². The van der Waals surface area contributed by atoms with Crippen molar-refractivity contribution < 1.29 is 4.39 Å². The predicted octanol–water partition coefficient (Wildman–Crippen LogP) is 3.92. The maximum absolute atomic E-state index is 13.4. The molecule has 0 bridgehead atoms. The van der Waals surface area contributed by atoms with Crippen molar-refractivity contribution in [2.24, 2.45) is 4.99 Å². The predicted molar refractivity (Wildman–Crippen MR) is 112 cm³/mol. The molecule has 2 aromatic carbocycles. The third kappa shape index (κ3) is 6.04. The standard InChI is InChI=1S/C21H26BrFN4/c1-24-21(25-14-17-13-18(23)7-8-20(17)22)26-19-9-11-27(12-10-19)15-16-5-3-2-4-6-16/h2-8,13,19H,9-12,14-15H2,1H3,(H2,24,25,26). The number of halogens is 2. The van der Waals surface area contributed by atoms with Crippen LogP contribution in [0.3, 0.4) is 0 Å². The molecule has 4 nitrogen and oxygen atoms in total. The van der Waals surface area contributed by atoms with E-state index in [0.717, 1.165) is 48.5 Å². The lowest BCUT2D eigenvalue weighted by Crippen LogP contribution is -2.48. The molecule has 0 aromatic heterocycles. The van der Waals surface area contributed by atoms with E-state index in [1.807, 2.05) is 0 Å². The Morgan fingerprint density at radius 1 is 1.19 bits per heavy atom. The van der Waals surface area contributed by atoms with Crippen LogP contribution in [0.2, 0.25) is 0 Å². The first-order chi connectivity index (χ1) is 13.1. The van der Waals surface area contributed by atoms with Gasteiger partial charge < -0.3 is 10.6 Å². The van der Waals surface area contributed by atoms with Crippen LogP contribution in [0.15, 0.2) is 58.0 Å². The Labute approximate surface area is 169 Å². The first-order valence-corrected chi connectivity index (χ1v) is 10.1. The smallest absolute Gasteiger partial charge is 0.191 e. The second kappa shape index (κ2) is 9.85. The zero-order valence-electron chi connectivity index (χ0n) is 15.6. The summed E-state index contributed by atoms with van der Waals surface area (Å²) in [6.45, 7) is 3.66. The van der Waals surface area contributed by atoms with E-state index in [4.69, 9.17) is 0 Å². The highest BCUT2D eigenvalue weighted by Gasteiger charge is 2.20. The molecule has 144 valence electrons. The van der Waals surface area contributed by atoms with E-state index >= 15 is 0 Å². The number of guanidine groups is 1. The summed E-state index contributed by atoms with van der Waals surface area (Å²) in [5, 5.41) is 6.78. The molecule has 0 amide bonds. The Bertz CT molecular complexity index is 758. The van der Waals surface area contributed by atoms with Gasteiger partial charge in [0.05, 0.1) is 0 Å². The summed E-state index contributed by atoms with van der Waals surface area (Å²) in [5.74, 6) is 0.524.